The summed E-state index contributed by atoms with van der Waals surface area (Å²) in [5.41, 5.74) is 1.64. The number of carbonyl (C=O) groups is 1. The molecular formula is C22H19ClN4O2S. The van der Waals surface area contributed by atoms with Crippen LogP contribution in [0.1, 0.15) is 12.7 Å². The minimum Gasteiger partial charge on any atom is -0.467 e. The van der Waals surface area contributed by atoms with Crippen molar-refractivity contribution in [2.24, 2.45) is 0 Å². The lowest BCUT2D eigenvalue weighted by Gasteiger charge is -2.13. The van der Waals surface area contributed by atoms with Crippen LogP contribution < -0.4 is 5.32 Å². The third-order valence-corrected chi connectivity index (χ3v) is 5.74. The van der Waals surface area contributed by atoms with Crippen molar-refractivity contribution >= 4 is 35.0 Å². The second kappa shape index (κ2) is 9.19. The maximum Gasteiger partial charge on any atom is 0.237 e. The summed E-state index contributed by atoms with van der Waals surface area (Å²) in [4.78, 5) is 12.6. The number of hydrogen-bond donors (Lipinski definition) is 1. The second-order valence-corrected chi connectivity index (χ2v) is 8.34. The van der Waals surface area contributed by atoms with Crippen LogP contribution in [0.5, 0.6) is 0 Å². The predicted octanol–water partition coefficient (Wildman–Crippen LogP) is 5.36. The van der Waals surface area contributed by atoms with Gasteiger partial charge in [0.25, 0.3) is 0 Å². The summed E-state index contributed by atoms with van der Waals surface area (Å²) >= 11 is 7.37. The average Bonchev–Trinajstić information content (AvgIpc) is 3.40. The Morgan fingerprint density at radius 3 is 2.57 bits per heavy atom. The number of carbonyl (C=O) groups excluding carboxylic acids is 1. The Labute approximate surface area is 183 Å². The number of benzene rings is 2. The molecule has 1 unspecified atom stereocenters. The van der Waals surface area contributed by atoms with Crippen LogP contribution in [0, 0.1) is 0 Å². The van der Waals surface area contributed by atoms with Gasteiger partial charge < -0.3 is 9.73 Å². The van der Waals surface area contributed by atoms with E-state index in [1.54, 1.807) is 6.26 Å². The fourth-order valence-corrected chi connectivity index (χ4v) is 3.84. The lowest BCUT2D eigenvalue weighted by Crippen LogP contribution is -2.23. The molecular weight excluding hydrogens is 420 g/mol. The van der Waals surface area contributed by atoms with E-state index < -0.39 is 0 Å². The topological polar surface area (TPSA) is 73.0 Å². The standard InChI is InChI=1S/C22H19ClN4O2S/c1-15(21(28)24-18-6-3-2-4-7-18)30-22-26-25-20(16-9-11-17(23)12-10-16)27(22)14-19-8-5-13-29-19/h2-13,15H,14H2,1H3,(H,24,28). The maximum atomic E-state index is 12.6. The van der Waals surface area contributed by atoms with E-state index in [1.165, 1.54) is 11.8 Å². The number of thioether (sulfide) groups is 1. The summed E-state index contributed by atoms with van der Waals surface area (Å²) in [6.07, 6.45) is 1.63. The number of rotatable bonds is 7. The predicted molar refractivity (Wildman–Crippen MR) is 119 cm³/mol. The SMILES string of the molecule is CC(Sc1nnc(-c2ccc(Cl)cc2)n1Cc1ccco1)C(=O)Nc1ccccc1. The zero-order chi connectivity index (χ0) is 20.9. The summed E-state index contributed by atoms with van der Waals surface area (Å²) in [7, 11) is 0. The molecule has 1 N–H and O–H groups in total. The first kappa shape index (κ1) is 20.3. The molecule has 0 aliphatic rings. The fraction of sp³-hybridized carbons (Fsp3) is 0.136. The van der Waals surface area contributed by atoms with Crippen molar-refractivity contribution in [3.63, 3.8) is 0 Å². The molecule has 4 aromatic rings. The number of amides is 1. The monoisotopic (exact) mass is 438 g/mol. The van der Waals surface area contributed by atoms with E-state index in [9.17, 15) is 4.79 Å². The number of anilines is 1. The third kappa shape index (κ3) is 4.75. The van der Waals surface area contributed by atoms with Gasteiger partial charge in [0, 0.05) is 16.3 Å². The smallest absolute Gasteiger partial charge is 0.237 e. The molecule has 0 fully saturated rings. The number of nitrogens with zero attached hydrogens (tertiary/aromatic N) is 3. The van der Waals surface area contributed by atoms with Gasteiger partial charge in [0.2, 0.25) is 5.91 Å². The largest absolute Gasteiger partial charge is 0.467 e. The van der Waals surface area contributed by atoms with E-state index in [0.29, 0.717) is 22.5 Å². The number of halogens is 1. The van der Waals surface area contributed by atoms with Gasteiger partial charge in [-0.3, -0.25) is 9.36 Å². The van der Waals surface area contributed by atoms with Crippen LogP contribution in [0.15, 0.2) is 82.6 Å². The van der Waals surface area contributed by atoms with Gasteiger partial charge in [-0.2, -0.15) is 0 Å². The Morgan fingerprint density at radius 1 is 1.10 bits per heavy atom. The molecule has 2 aromatic carbocycles. The highest BCUT2D eigenvalue weighted by Crippen LogP contribution is 2.29. The first-order valence-electron chi connectivity index (χ1n) is 9.34. The summed E-state index contributed by atoms with van der Waals surface area (Å²) in [5.74, 6) is 1.35. The van der Waals surface area contributed by atoms with E-state index in [1.807, 2.05) is 78.2 Å². The van der Waals surface area contributed by atoms with Gasteiger partial charge in [0.15, 0.2) is 11.0 Å². The number of nitrogens with one attached hydrogen (secondary N) is 1. The van der Waals surface area contributed by atoms with Crippen LogP contribution in [0.25, 0.3) is 11.4 Å². The lowest BCUT2D eigenvalue weighted by molar-refractivity contribution is -0.115. The van der Waals surface area contributed by atoms with E-state index in [-0.39, 0.29) is 11.2 Å². The van der Waals surface area contributed by atoms with E-state index in [4.69, 9.17) is 16.0 Å². The van der Waals surface area contributed by atoms with Crippen LogP contribution in [0.4, 0.5) is 5.69 Å². The highest BCUT2D eigenvalue weighted by atomic mass is 35.5. The minimum absolute atomic E-state index is 0.105. The maximum absolute atomic E-state index is 12.6. The Hall–Kier alpha value is -3.03. The van der Waals surface area contributed by atoms with Crippen molar-refractivity contribution in [3.8, 4) is 11.4 Å². The molecule has 0 aliphatic heterocycles. The second-order valence-electron chi connectivity index (χ2n) is 6.59. The summed E-state index contributed by atoms with van der Waals surface area (Å²) in [5, 5.41) is 12.5. The molecule has 1 atom stereocenters. The van der Waals surface area contributed by atoms with Crippen molar-refractivity contribution in [1.82, 2.24) is 14.8 Å². The molecule has 4 rings (SSSR count). The molecule has 0 radical (unpaired) electrons. The van der Waals surface area contributed by atoms with E-state index >= 15 is 0 Å². The first-order chi connectivity index (χ1) is 14.6. The van der Waals surface area contributed by atoms with Crippen LogP contribution >= 0.6 is 23.4 Å². The van der Waals surface area contributed by atoms with Crippen LogP contribution in [-0.4, -0.2) is 25.9 Å². The van der Waals surface area contributed by atoms with Crippen molar-refractivity contribution in [3.05, 3.63) is 83.8 Å². The molecule has 1 amide bonds. The zero-order valence-corrected chi connectivity index (χ0v) is 17.7. The Balaban J connectivity index is 1.58. The van der Waals surface area contributed by atoms with Gasteiger partial charge in [0.1, 0.15) is 5.76 Å². The number of furan rings is 1. The van der Waals surface area contributed by atoms with Crippen LogP contribution in [-0.2, 0) is 11.3 Å². The van der Waals surface area contributed by atoms with Gasteiger partial charge in [-0.1, -0.05) is 41.6 Å². The molecule has 0 spiro atoms. The molecule has 0 bridgehead atoms. The van der Waals surface area contributed by atoms with Crippen molar-refractivity contribution in [2.45, 2.75) is 23.9 Å². The van der Waals surface area contributed by atoms with E-state index in [2.05, 4.69) is 15.5 Å². The highest BCUT2D eigenvalue weighted by Gasteiger charge is 2.21. The minimum atomic E-state index is -0.372. The van der Waals surface area contributed by atoms with Crippen LogP contribution in [0.3, 0.4) is 0 Å². The number of para-hydroxylation sites is 1. The van der Waals surface area contributed by atoms with Gasteiger partial charge in [-0.15, -0.1) is 10.2 Å². The normalized spacial score (nSPS) is 11.9. The fourth-order valence-electron chi connectivity index (χ4n) is 2.87. The molecule has 6 nitrogen and oxygen atoms in total. The molecule has 8 heteroatoms. The van der Waals surface area contributed by atoms with Crippen molar-refractivity contribution in [1.29, 1.82) is 0 Å². The number of hydrogen-bond acceptors (Lipinski definition) is 5. The first-order valence-corrected chi connectivity index (χ1v) is 10.6. The lowest BCUT2D eigenvalue weighted by atomic mass is 10.2. The Morgan fingerprint density at radius 2 is 1.87 bits per heavy atom. The summed E-state index contributed by atoms with van der Waals surface area (Å²) in [6, 6.07) is 20.5. The van der Waals surface area contributed by atoms with E-state index in [0.717, 1.165) is 17.0 Å². The molecule has 0 saturated heterocycles. The number of aromatic nitrogens is 3. The van der Waals surface area contributed by atoms with Gasteiger partial charge in [0.05, 0.1) is 18.1 Å². The Kier molecular flexibility index (Phi) is 6.21. The molecule has 0 saturated carbocycles. The molecule has 0 aliphatic carbocycles. The van der Waals surface area contributed by atoms with Crippen LogP contribution in [0.2, 0.25) is 5.02 Å². The zero-order valence-electron chi connectivity index (χ0n) is 16.2. The molecule has 2 aromatic heterocycles. The average molecular weight is 439 g/mol. The van der Waals surface area contributed by atoms with Gasteiger partial charge in [-0.05, 0) is 55.5 Å². The Bertz CT molecular complexity index is 1110. The third-order valence-electron chi connectivity index (χ3n) is 4.41. The molecule has 30 heavy (non-hydrogen) atoms. The summed E-state index contributed by atoms with van der Waals surface area (Å²) < 4.78 is 7.46. The quantitative estimate of drug-likeness (QED) is 0.393. The highest BCUT2D eigenvalue weighted by molar-refractivity contribution is 8.00. The van der Waals surface area contributed by atoms with Crippen molar-refractivity contribution < 1.29 is 9.21 Å². The van der Waals surface area contributed by atoms with Crippen molar-refractivity contribution in [2.75, 3.05) is 5.32 Å². The van der Waals surface area contributed by atoms with Gasteiger partial charge >= 0.3 is 0 Å². The summed E-state index contributed by atoms with van der Waals surface area (Å²) in [6.45, 7) is 2.30. The molecule has 152 valence electrons. The molecule has 2 heterocycles. The van der Waals surface area contributed by atoms with Gasteiger partial charge in [-0.25, -0.2) is 0 Å².